The molecule has 0 unspecified atom stereocenters. The molecule has 2 amide bonds. The van der Waals surface area contributed by atoms with E-state index in [1.54, 1.807) is 12.1 Å². The molecule has 132 valence electrons. The number of benzene rings is 2. The molecule has 2 aromatic rings. The van der Waals surface area contributed by atoms with Crippen molar-refractivity contribution >= 4 is 17.4 Å². The van der Waals surface area contributed by atoms with E-state index in [4.69, 9.17) is 5.73 Å². The molecule has 3 N–H and O–H groups in total. The van der Waals surface area contributed by atoms with Gasteiger partial charge in [0.25, 0.3) is 0 Å². The van der Waals surface area contributed by atoms with Crippen LogP contribution in [-0.2, 0) is 12.6 Å². The van der Waals surface area contributed by atoms with Crippen molar-refractivity contribution in [1.29, 1.82) is 0 Å². The summed E-state index contributed by atoms with van der Waals surface area (Å²) in [6.07, 6.45) is -3.47. The minimum atomic E-state index is -4.42. The molecule has 1 saturated heterocycles. The average molecular weight is 349 g/mol. The van der Waals surface area contributed by atoms with E-state index in [0.29, 0.717) is 11.6 Å². The Kier molecular flexibility index (Phi) is 4.67. The Morgan fingerprint density at radius 1 is 1.04 bits per heavy atom. The predicted molar refractivity (Wildman–Crippen MR) is 89.7 cm³/mol. The molecule has 25 heavy (non-hydrogen) atoms. The number of nitrogens with two attached hydrogens (primary N) is 1. The fourth-order valence-corrected chi connectivity index (χ4v) is 2.81. The number of amides is 2. The van der Waals surface area contributed by atoms with Gasteiger partial charge in [0.15, 0.2) is 0 Å². The standard InChI is InChI=1S/C18H18F3N3O/c19-18(20,21)14-3-7-16(8-4-14)24(17(22)25)15-5-1-12(2-6-15)9-13-10-23-11-13/h1-8,13,23H,9-11H2,(H2,22,25). The Balaban J connectivity index is 1.81. The van der Waals surface area contributed by atoms with Crippen molar-refractivity contribution in [3.8, 4) is 0 Å². The zero-order valence-corrected chi connectivity index (χ0v) is 13.4. The molecule has 0 radical (unpaired) electrons. The van der Waals surface area contributed by atoms with Crippen molar-refractivity contribution in [3.63, 3.8) is 0 Å². The largest absolute Gasteiger partial charge is 0.416 e. The van der Waals surface area contributed by atoms with E-state index >= 15 is 0 Å². The highest BCUT2D eigenvalue weighted by molar-refractivity contribution is 5.98. The lowest BCUT2D eigenvalue weighted by molar-refractivity contribution is -0.137. The van der Waals surface area contributed by atoms with Crippen LogP contribution in [0.1, 0.15) is 11.1 Å². The molecular weight excluding hydrogens is 331 g/mol. The van der Waals surface area contributed by atoms with Gasteiger partial charge in [-0.15, -0.1) is 0 Å². The van der Waals surface area contributed by atoms with Gasteiger partial charge in [0.1, 0.15) is 0 Å². The first-order chi connectivity index (χ1) is 11.8. The van der Waals surface area contributed by atoms with E-state index in [2.05, 4.69) is 5.32 Å². The summed E-state index contributed by atoms with van der Waals surface area (Å²) in [4.78, 5) is 13.0. The first-order valence-electron chi connectivity index (χ1n) is 7.91. The number of carbonyl (C=O) groups is 1. The lowest BCUT2D eigenvalue weighted by Crippen LogP contribution is -2.43. The topological polar surface area (TPSA) is 58.4 Å². The number of alkyl halides is 3. The number of nitrogens with zero attached hydrogens (tertiary/aromatic N) is 1. The lowest BCUT2D eigenvalue weighted by atomic mass is 9.94. The Bertz CT molecular complexity index is 738. The van der Waals surface area contributed by atoms with Crippen LogP contribution in [0.5, 0.6) is 0 Å². The molecule has 0 atom stereocenters. The van der Waals surface area contributed by atoms with E-state index in [1.807, 2.05) is 12.1 Å². The van der Waals surface area contributed by atoms with Crippen LogP contribution in [0.4, 0.5) is 29.3 Å². The molecule has 0 aromatic heterocycles. The van der Waals surface area contributed by atoms with Crippen LogP contribution in [0.3, 0.4) is 0 Å². The number of halogens is 3. The second-order valence-corrected chi connectivity index (χ2v) is 6.11. The Labute approximate surface area is 143 Å². The van der Waals surface area contributed by atoms with Gasteiger partial charge in [0.2, 0.25) is 0 Å². The van der Waals surface area contributed by atoms with Crippen LogP contribution in [-0.4, -0.2) is 19.1 Å². The summed E-state index contributed by atoms with van der Waals surface area (Å²) < 4.78 is 38.0. The molecule has 2 aromatic carbocycles. The minimum Gasteiger partial charge on any atom is -0.351 e. The minimum absolute atomic E-state index is 0.288. The molecule has 0 spiro atoms. The van der Waals surface area contributed by atoms with E-state index in [-0.39, 0.29) is 5.69 Å². The number of hydrogen-bond acceptors (Lipinski definition) is 2. The first kappa shape index (κ1) is 17.3. The second-order valence-electron chi connectivity index (χ2n) is 6.11. The number of anilines is 2. The van der Waals surface area contributed by atoms with Crippen molar-refractivity contribution in [3.05, 3.63) is 59.7 Å². The molecule has 1 heterocycles. The third-order valence-electron chi connectivity index (χ3n) is 4.26. The zero-order chi connectivity index (χ0) is 18.0. The maximum atomic E-state index is 12.7. The monoisotopic (exact) mass is 349 g/mol. The van der Waals surface area contributed by atoms with Gasteiger partial charge < -0.3 is 11.1 Å². The fourth-order valence-electron chi connectivity index (χ4n) is 2.81. The van der Waals surface area contributed by atoms with Crippen molar-refractivity contribution < 1.29 is 18.0 Å². The molecule has 3 rings (SSSR count). The molecule has 0 saturated carbocycles. The highest BCUT2D eigenvalue weighted by atomic mass is 19.4. The number of hydrogen-bond donors (Lipinski definition) is 2. The quantitative estimate of drug-likeness (QED) is 0.885. The second kappa shape index (κ2) is 6.76. The molecular formula is C18H18F3N3O. The third kappa shape index (κ3) is 3.93. The fraction of sp³-hybridized carbons (Fsp3) is 0.278. The van der Waals surface area contributed by atoms with Crippen molar-refractivity contribution in [2.75, 3.05) is 18.0 Å². The molecule has 0 aliphatic carbocycles. The SMILES string of the molecule is NC(=O)N(c1ccc(CC2CNC2)cc1)c1ccc(C(F)(F)F)cc1. The van der Waals surface area contributed by atoms with Crippen LogP contribution < -0.4 is 16.0 Å². The summed E-state index contributed by atoms with van der Waals surface area (Å²) >= 11 is 0. The van der Waals surface area contributed by atoms with Gasteiger partial charge in [0, 0.05) is 0 Å². The molecule has 1 aliphatic rings. The van der Waals surface area contributed by atoms with E-state index in [0.717, 1.165) is 37.2 Å². The van der Waals surface area contributed by atoms with Crippen molar-refractivity contribution in [1.82, 2.24) is 5.32 Å². The number of rotatable bonds is 4. The van der Waals surface area contributed by atoms with Crippen LogP contribution in [0, 0.1) is 5.92 Å². The maximum Gasteiger partial charge on any atom is 0.416 e. The van der Waals surface area contributed by atoms with Gasteiger partial charge in [-0.25, -0.2) is 4.79 Å². The van der Waals surface area contributed by atoms with Gasteiger partial charge in [-0.1, -0.05) is 12.1 Å². The predicted octanol–water partition coefficient (Wildman–Crippen LogP) is 3.68. The van der Waals surface area contributed by atoms with Crippen LogP contribution >= 0.6 is 0 Å². The number of nitrogens with one attached hydrogen (secondary N) is 1. The van der Waals surface area contributed by atoms with Gasteiger partial charge in [-0.2, -0.15) is 13.2 Å². The highest BCUT2D eigenvalue weighted by Crippen LogP contribution is 2.32. The van der Waals surface area contributed by atoms with Crippen molar-refractivity contribution in [2.45, 2.75) is 12.6 Å². The molecule has 1 aliphatic heterocycles. The van der Waals surface area contributed by atoms with Crippen molar-refractivity contribution in [2.24, 2.45) is 11.7 Å². The average Bonchev–Trinajstić information content (AvgIpc) is 2.52. The van der Waals surface area contributed by atoms with Gasteiger partial charge in [-0.05, 0) is 67.4 Å². The summed E-state index contributed by atoms with van der Waals surface area (Å²) in [6.45, 7) is 2.00. The summed E-state index contributed by atoms with van der Waals surface area (Å²) in [5, 5.41) is 3.21. The molecule has 4 nitrogen and oxygen atoms in total. The number of urea groups is 1. The Morgan fingerprint density at radius 3 is 1.96 bits per heavy atom. The molecule has 1 fully saturated rings. The van der Waals surface area contributed by atoms with E-state index in [1.165, 1.54) is 17.0 Å². The van der Waals surface area contributed by atoms with E-state index < -0.39 is 17.8 Å². The Morgan fingerprint density at radius 2 is 1.56 bits per heavy atom. The van der Waals surface area contributed by atoms with Crippen LogP contribution in [0.2, 0.25) is 0 Å². The van der Waals surface area contributed by atoms with Gasteiger partial charge in [-0.3, -0.25) is 4.90 Å². The number of carbonyl (C=O) groups excluding carboxylic acids is 1. The normalized spacial score (nSPS) is 14.8. The van der Waals surface area contributed by atoms with Gasteiger partial charge >= 0.3 is 12.2 Å². The smallest absolute Gasteiger partial charge is 0.351 e. The maximum absolute atomic E-state index is 12.7. The summed E-state index contributed by atoms with van der Waals surface area (Å²) in [5.74, 6) is 0.619. The number of primary amides is 1. The Hall–Kier alpha value is -2.54. The summed E-state index contributed by atoms with van der Waals surface area (Å²) in [7, 11) is 0. The summed E-state index contributed by atoms with van der Waals surface area (Å²) in [6, 6.07) is 10.9. The van der Waals surface area contributed by atoms with Gasteiger partial charge in [0.05, 0.1) is 16.9 Å². The third-order valence-corrected chi connectivity index (χ3v) is 4.26. The molecule has 7 heteroatoms. The van der Waals surface area contributed by atoms with Crippen LogP contribution in [0.25, 0.3) is 0 Å². The van der Waals surface area contributed by atoms with Crippen LogP contribution in [0.15, 0.2) is 48.5 Å². The highest BCUT2D eigenvalue weighted by Gasteiger charge is 2.30. The summed E-state index contributed by atoms with van der Waals surface area (Å²) in [5.41, 5.74) is 6.61. The first-order valence-corrected chi connectivity index (χ1v) is 7.91. The lowest BCUT2D eigenvalue weighted by Gasteiger charge is -2.27. The van der Waals surface area contributed by atoms with E-state index in [9.17, 15) is 18.0 Å². The zero-order valence-electron chi connectivity index (χ0n) is 13.4. The molecule has 0 bridgehead atoms.